The fourth-order valence-electron chi connectivity index (χ4n) is 2.12. The maximum Gasteiger partial charge on any atom is 0.342 e. The summed E-state index contributed by atoms with van der Waals surface area (Å²) in [6.45, 7) is 4.59. The summed E-state index contributed by atoms with van der Waals surface area (Å²) in [5.74, 6) is -2.89. The maximum atomic E-state index is 12.4. The van der Waals surface area contributed by atoms with Crippen LogP contribution >= 0.6 is 0 Å². The van der Waals surface area contributed by atoms with Crippen molar-refractivity contribution >= 4 is 28.7 Å². The molecule has 23 heavy (non-hydrogen) atoms. The standard InChI is InChI=1S/C17H14O6/c1-3-14(18)22-10(2)23-17(21)15-12-7-5-4-6-11(12)8-9-13(15)16(19)20/h3-10H,1H2,2H3,(H,19,20). The van der Waals surface area contributed by atoms with Gasteiger partial charge in [0.15, 0.2) is 0 Å². The Balaban J connectivity index is 2.42. The first-order chi connectivity index (χ1) is 10.9. The van der Waals surface area contributed by atoms with E-state index >= 15 is 0 Å². The van der Waals surface area contributed by atoms with E-state index in [1.165, 1.54) is 13.0 Å². The lowest BCUT2D eigenvalue weighted by Crippen LogP contribution is -2.22. The number of carboxylic acid groups (broad SMARTS) is 1. The van der Waals surface area contributed by atoms with Gasteiger partial charge in [-0.05, 0) is 16.8 Å². The molecule has 0 aliphatic carbocycles. The number of carbonyl (C=O) groups excluding carboxylic acids is 2. The van der Waals surface area contributed by atoms with Crippen LogP contribution in [-0.2, 0) is 14.3 Å². The third-order valence-corrected chi connectivity index (χ3v) is 3.09. The number of carbonyl (C=O) groups is 3. The molecule has 0 saturated carbocycles. The molecule has 2 aromatic carbocycles. The lowest BCUT2D eigenvalue weighted by atomic mass is 9.99. The molecular formula is C17H14O6. The van der Waals surface area contributed by atoms with Crippen molar-refractivity contribution < 1.29 is 29.0 Å². The van der Waals surface area contributed by atoms with Crippen LogP contribution in [0.5, 0.6) is 0 Å². The van der Waals surface area contributed by atoms with Gasteiger partial charge in [0.25, 0.3) is 0 Å². The lowest BCUT2D eigenvalue weighted by Gasteiger charge is -2.15. The van der Waals surface area contributed by atoms with Crippen LogP contribution < -0.4 is 0 Å². The SMILES string of the molecule is C=CC(=O)OC(C)OC(=O)c1c(C(=O)O)ccc2ccccc12. The summed E-state index contributed by atoms with van der Waals surface area (Å²) in [5, 5.41) is 10.4. The number of hydrogen-bond acceptors (Lipinski definition) is 5. The lowest BCUT2D eigenvalue weighted by molar-refractivity contribution is -0.159. The molecule has 0 spiro atoms. The summed E-state index contributed by atoms with van der Waals surface area (Å²) in [6, 6.07) is 9.77. The van der Waals surface area contributed by atoms with E-state index in [-0.39, 0.29) is 11.1 Å². The van der Waals surface area contributed by atoms with Gasteiger partial charge in [0.1, 0.15) is 0 Å². The average molecular weight is 314 g/mol. The summed E-state index contributed by atoms with van der Waals surface area (Å²) < 4.78 is 9.77. The van der Waals surface area contributed by atoms with E-state index in [9.17, 15) is 19.5 Å². The van der Waals surface area contributed by atoms with Crippen LogP contribution in [0.4, 0.5) is 0 Å². The number of carboxylic acids is 1. The Kier molecular flexibility index (Phi) is 4.75. The summed E-state index contributed by atoms with van der Waals surface area (Å²) in [5.41, 5.74) is -0.270. The highest BCUT2D eigenvalue weighted by Crippen LogP contribution is 2.24. The van der Waals surface area contributed by atoms with Crippen LogP contribution in [-0.4, -0.2) is 29.3 Å². The number of esters is 2. The summed E-state index contributed by atoms with van der Waals surface area (Å²) >= 11 is 0. The van der Waals surface area contributed by atoms with Crippen molar-refractivity contribution in [2.24, 2.45) is 0 Å². The minimum absolute atomic E-state index is 0.0860. The van der Waals surface area contributed by atoms with E-state index < -0.39 is 24.2 Å². The van der Waals surface area contributed by atoms with Gasteiger partial charge in [0.2, 0.25) is 6.29 Å². The molecule has 0 aliphatic rings. The first-order valence-electron chi connectivity index (χ1n) is 6.73. The van der Waals surface area contributed by atoms with E-state index in [4.69, 9.17) is 9.47 Å². The Hall–Kier alpha value is -3.15. The summed E-state index contributed by atoms with van der Waals surface area (Å²) in [7, 11) is 0. The molecule has 1 atom stereocenters. The number of benzene rings is 2. The van der Waals surface area contributed by atoms with Crippen molar-refractivity contribution in [3.8, 4) is 0 Å². The molecular weight excluding hydrogens is 300 g/mol. The van der Waals surface area contributed by atoms with Crippen molar-refractivity contribution in [1.29, 1.82) is 0 Å². The van der Waals surface area contributed by atoms with E-state index in [2.05, 4.69) is 6.58 Å². The first-order valence-corrected chi connectivity index (χ1v) is 6.73. The zero-order valence-electron chi connectivity index (χ0n) is 12.3. The number of ether oxygens (including phenoxy) is 2. The van der Waals surface area contributed by atoms with Gasteiger partial charge in [-0.15, -0.1) is 0 Å². The van der Waals surface area contributed by atoms with E-state index in [1.807, 2.05) is 0 Å². The fraction of sp³-hybridized carbons (Fsp3) is 0.118. The number of rotatable bonds is 5. The van der Waals surface area contributed by atoms with Crippen molar-refractivity contribution in [1.82, 2.24) is 0 Å². The highest BCUT2D eigenvalue weighted by Gasteiger charge is 2.23. The summed E-state index contributed by atoms with van der Waals surface area (Å²) in [6.07, 6.45) is -0.237. The van der Waals surface area contributed by atoms with Gasteiger partial charge in [0, 0.05) is 13.0 Å². The molecule has 0 heterocycles. The van der Waals surface area contributed by atoms with Crippen molar-refractivity contribution in [3.05, 3.63) is 60.2 Å². The van der Waals surface area contributed by atoms with Gasteiger partial charge in [-0.2, -0.15) is 0 Å². The Bertz CT molecular complexity index is 793. The van der Waals surface area contributed by atoms with Gasteiger partial charge < -0.3 is 14.6 Å². The van der Waals surface area contributed by atoms with Crippen LogP contribution in [0.2, 0.25) is 0 Å². The maximum absolute atomic E-state index is 12.4. The Labute approximate surface area is 131 Å². The largest absolute Gasteiger partial charge is 0.478 e. The van der Waals surface area contributed by atoms with Crippen molar-refractivity contribution in [3.63, 3.8) is 0 Å². The molecule has 1 N–H and O–H groups in total. The number of fused-ring (bicyclic) bond motifs is 1. The van der Waals surface area contributed by atoms with Crippen LogP contribution in [0.15, 0.2) is 49.1 Å². The predicted octanol–water partition coefficient (Wildman–Crippen LogP) is 2.77. The van der Waals surface area contributed by atoms with E-state index in [0.717, 1.165) is 6.08 Å². The second-order valence-electron chi connectivity index (χ2n) is 4.63. The normalized spacial score (nSPS) is 11.5. The first kappa shape index (κ1) is 16.2. The molecule has 118 valence electrons. The molecule has 2 rings (SSSR count). The minimum Gasteiger partial charge on any atom is -0.478 e. The second-order valence-corrected chi connectivity index (χ2v) is 4.63. The number of hydrogen-bond donors (Lipinski definition) is 1. The van der Waals surface area contributed by atoms with Crippen LogP contribution in [0.25, 0.3) is 10.8 Å². The number of aromatic carboxylic acids is 1. The van der Waals surface area contributed by atoms with E-state index in [0.29, 0.717) is 10.8 Å². The summed E-state index contributed by atoms with van der Waals surface area (Å²) in [4.78, 5) is 34.8. The molecule has 0 aliphatic heterocycles. The predicted molar refractivity (Wildman–Crippen MR) is 82.1 cm³/mol. The highest BCUT2D eigenvalue weighted by molar-refractivity contribution is 6.12. The molecule has 2 aromatic rings. The van der Waals surface area contributed by atoms with E-state index in [1.54, 1.807) is 30.3 Å². The zero-order valence-corrected chi connectivity index (χ0v) is 12.3. The Morgan fingerprint density at radius 1 is 1.13 bits per heavy atom. The Morgan fingerprint density at radius 2 is 1.83 bits per heavy atom. The molecule has 0 bridgehead atoms. The quantitative estimate of drug-likeness (QED) is 0.518. The topological polar surface area (TPSA) is 89.9 Å². The van der Waals surface area contributed by atoms with Crippen molar-refractivity contribution in [2.45, 2.75) is 13.2 Å². The Morgan fingerprint density at radius 3 is 2.48 bits per heavy atom. The van der Waals surface area contributed by atoms with Gasteiger partial charge in [-0.1, -0.05) is 36.9 Å². The fourth-order valence-corrected chi connectivity index (χ4v) is 2.12. The minimum atomic E-state index is -1.25. The molecule has 6 nitrogen and oxygen atoms in total. The molecule has 6 heteroatoms. The monoisotopic (exact) mass is 314 g/mol. The third kappa shape index (κ3) is 3.55. The third-order valence-electron chi connectivity index (χ3n) is 3.09. The van der Waals surface area contributed by atoms with Crippen LogP contribution in [0.3, 0.4) is 0 Å². The molecule has 0 amide bonds. The molecule has 0 radical (unpaired) electrons. The molecule has 0 aromatic heterocycles. The molecule has 0 fully saturated rings. The second kappa shape index (κ2) is 6.74. The zero-order chi connectivity index (χ0) is 17.0. The van der Waals surface area contributed by atoms with Crippen LogP contribution in [0.1, 0.15) is 27.6 Å². The molecule has 0 saturated heterocycles. The smallest absolute Gasteiger partial charge is 0.342 e. The average Bonchev–Trinajstić information content (AvgIpc) is 2.53. The molecule has 1 unspecified atom stereocenters. The van der Waals surface area contributed by atoms with Crippen molar-refractivity contribution in [2.75, 3.05) is 0 Å². The van der Waals surface area contributed by atoms with Gasteiger partial charge in [-0.25, -0.2) is 14.4 Å². The van der Waals surface area contributed by atoms with Crippen LogP contribution in [0, 0.1) is 0 Å². The van der Waals surface area contributed by atoms with Gasteiger partial charge >= 0.3 is 17.9 Å². The highest BCUT2D eigenvalue weighted by atomic mass is 16.7. The van der Waals surface area contributed by atoms with Gasteiger partial charge in [-0.3, -0.25) is 0 Å². The van der Waals surface area contributed by atoms with Gasteiger partial charge in [0.05, 0.1) is 11.1 Å².